The molecular weight excluding hydrogens is 253 g/mol. The van der Waals surface area contributed by atoms with E-state index in [0.717, 1.165) is 16.9 Å². The van der Waals surface area contributed by atoms with Crippen molar-refractivity contribution in [3.63, 3.8) is 0 Å². The molecule has 18 heavy (non-hydrogen) atoms. The average Bonchev–Trinajstić information content (AvgIpc) is 2.34. The predicted molar refractivity (Wildman–Crippen MR) is 71.3 cm³/mol. The van der Waals surface area contributed by atoms with E-state index in [1.807, 2.05) is 19.1 Å². The largest absolute Gasteiger partial charge is 0.489 e. The number of anilines is 1. The summed E-state index contributed by atoms with van der Waals surface area (Å²) in [6, 6.07) is 9.99. The summed E-state index contributed by atoms with van der Waals surface area (Å²) in [5.41, 5.74) is 8.14. The van der Waals surface area contributed by atoms with Crippen molar-refractivity contribution in [2.24, 2.45) is 0 Å². The molecule has 0 saturated heterocycles. The first-order valence-electron chi connectivity index (χ1n) is 5.49. The second-order valence-corrected chi connectivity index (χ2v) is 4.47. The van der Waals surface area contributed by atoms with E-state index in [2.05, 4.69) is 0 Å². The lowest BCUT2D eigenvalue weighted by Gasteiger charge is -2.10. The molecule has 0 spiro atoms. The van der Waals surface area contributed by atoms with E-state index in [0.29, 0.717) is 12.3 Å². The highest BCUT2D eigenvalue weighted by molar-refractivity contribution is 6.30. The van der Waals surface area contributed by atoms with Crippen LogP contribution in [0, 0.1) is 12.7 Å². The fourth-order valence-corrected chi connectivity index (χ4v) is 1.77. The van der Waals surface area contributed by atoms with Crippen LogP contribution < -0.4 is 10.5 Å². The van der Waals surface area contributed by atoms with Gasteiger partial charge in [-0.1, -0.05) is 23.7 Å². The normalized spacial score (nSPS) is 10.4. The molecule has 2 rings (SSSR count). The Morgan fingerprint density at radius 2 is 2.00 bits per heavy atom. The third-order valence-electron chi connectivity index (χ3n) is 2.59. The minimum absolute atomic E-state index is 0.0976. The van der Waals surface area contributed by atoms with Crippen LogP contribution in [-0.2, 0) is 6.61 Å². The number of nitrogens with two attached hydrogens (primary N) is 1. The Labute approximate surface area is 110 Å². The molecule has 2 aromatic rings. The first-order valence-corrected chi connectivity index (χ1v) is 5.87. The molecule has 2 nitrogen and oxygen atoms in total. The molecule has 0 aliphatic rings. The van der Waals surface area contributed by atoms with Gasteiger partial charge >= 0.3 is 0 Å². The monoisotopic (exact) mass is 265 g/mol. The van der Waals surface area contributed by atoms with E-state index in [4.69, 9.17) is 22.1 Å². The van der Waals surface area contributed by atoms with Crippen molar-refractivity contribution in [2.45, 2.75) is 13.5 Å². The zero-order valence-electron chi connectivity index (χ0n) is 9.91. The lowest BCUT2D eigenvalue weighted by atomic mass is 10.2. The van der Waals surface area contributed by atoms with Crippen molar-refractivity contribution in [3.8, 4) is 5.75 Å². The molecule has 2 N–H and O–H groups in total. The summed E-state index contributed by atoms with van der Waals surface area (Å²) in [6.07, 6.45) is 0. The summed E-state index contributed by atoms with van der Waals surface area (Å²) in [4.78, 5) is 0. The van der Waals surface area contributed by atoms with Crippen molar-refractivity contribution in [1.82, 2.24) is 0 Å². The number of ether oxygens (including phenoxy) is 1. The van der Waals surface area contributed by atoms with Crippen LogP contribution in [0.5, 0.6) is 5.75 Å². The second kappa shape index (κ2) is 5.27. The van der Waals surface area contributed by atoms with Gasteiger partial charge in [-0.05, 0) is 36.2 Å². The highest BCUT2D eigenvalue weighted by Gasteiger charge is 2.04. The average molecular weight is 266 g/mol. The second-order valence-electron chi connectivity index (χ2n) is 4.06. The summed E-state index contributed by atoms with van der Waals surface area (Å²) in [7, 11) is 0. The van der Waals surface area contributed by atoms with Crippen LogP contribution in [0.25, 0.3) is 0 Å². The van der Waals surface area contributed by atoms with Gasteiger partial charge in [0.2, 0.25) is 0 Å². The molecule has 0 fully saturated rings. The van der Waals surface area contributed by atoms with Crippen molar-refractivity contribution >= 4 is 17.3 Å². The first-order chi connectivity index (χ1) is 8.56. The maximum absolute atomic E-state index is 13.0. The zero-order valence-corrected chi connectivity index (χ0v) is 10.7. The van der Waals surface area contributed by atoms with Gasteiger partial charge in [0, 0.05) is 11.8 Å². The number of hydrogen-bond donors (Lipinski definition) is 1. The minimum Gasteiger partial charge on any atom is -0.489 e. The fraction of sp³-hybridized carbons (Fsp3) is 0.143. The summed E-state index contributed by atoms with van der Waals surface area (Å²) in [5.74, 6) is 0.288. The quantitative estimate of drug-likeness (QED) is 0.853. The summed E-state index contributed by atoms with van der Waals surface area (Å²) < 4.78 is 18.6. The van der Waals surface area contributed by atoms with Crippen LogP contribution in [0.15, 0.2) is 36.4 Å². The molecule has 0 saturated carbocycles. The van der Waals surface area contributed by atoms with E-state index < -0.39 is 5.82 Å². The Hall–Kier alpha value is -1.74. The third kappa shape index (κ3) is 2.93. The van der Waals surface area contributed by atoms with Crippen molar-refractivity contribution < 1.29 is 9.13 Å². The number of hydrogen-bond acceptors (Lipinski definition) is 2. The number of benzene rings is 2. The van der Waals surface area contributed by atoms with Crippen molar-refractivity contribution in [1.29, 1.82) is 0 Å². The Kier molecular flexibility index (Phi) is 3.72. The number of halogens is 2. The SMILES string of the molecule is Cc1ccc(N)cc1OCc1ccc(F)c(Cl)c1. The van der Waals surface area contributed by atoms with E-state index in [1.165, 1.54) is 6.07 Å². The molecule has 0 heterocycles. The molecule has 0 bridgehead atoms. The molecule has 4 heteroatoms. The van der Waals surface area contributed by atoms with Crippen LogP contribution in [0.4, 0.5) is 10.1 Å². The molecular formula is C14H13ClFNO. The summed E-state index contributed by atoms with van der Waals surface area (Å²) in [6.45, 7) is 2.26. The molecule has 2 aromatic carbocycles. The Morgan fingerprint density at radius 1 is 1.22 bits per heavy atom. The van der Waals surface area contributed by atoms with E-state index in [1.54, 1.807) is 18.2 Å². The van der Waals surface area contributed by atoms with Gasteiger partial charge in [-0.25, -0.2) is 4.39 Å². The van der Waals surface area contributed by atoms with Crippen LogP contribution in [-0.4, -0.2) is 0 Å². The van der Waals surface area contributed by atoms with E-state index in [9.17, 15) is 4.39 Å². The van der Waals surface area contributed by atoms with Gasteiger partial charge in [-0.3, -0.25) is 0 Å². The minimum atomic E-state index is -0.430. The molecule has 0 radical (unpaired) electrons. The van der Waals surface area contributed by atoms with Gasteiger partial charge in [0.1, 0.15) is 18.2 Å². The standard InChI is InChI=1S/C14H13ClFNO/c1-9-2-4-11(17)7-14(9)18-8-10-3-5-13(16)12(15)6-10/h2-7H,8,17H2,1H3. The van der Waals surface area contributed by atoms with E-state index in [-0.39, 0.29) is 5.02 Å². The first kappa shape index (κ1) is 12.7. The predicted octanol–water partition coefficient (Wildman–Crippen LogP) is 3.95. The van der Waals surface area contributed by atoms with Gasteiger partial charge in [0.15, 0.2) is 0 Å². The molecule has 0 aliphatic carbocycles. The third-order valence-corrected chi connectivity index (χ3v) is 2.88. The Morgan fingerprint density at radius 3 is 2.72 bits per heavy atom. The molecule has 0 unspecified atom stereocenters. The number of aryl methyl sites for hydroxylation is 1. The van der Waals surface area contributed by atoms with Crippen LogP contribution >= 0.6 is 11.6 Å². The summed E-state index contributed by atoms with van der Waals surface area (Å²) in [5, 5.41) is 0.0976. The smallest absolute Gasteiger partial charge is 0.141 e. The lowest BCUT2D eigenvalue weighted by molar-refractivity contribution is 0.304. The molecule has 0 aromatic heterocycles. The van der Waals surface area contributed by atoms with Crippen LogP contribution in [0.2, 0.25) is 5.02 Å². The summed E-state index contributed by atoms with van der Waals surface area (Å²) >= 11 is 5.70. The molecule has 0 atom stereocenters. The van der Waals surface area contributed by atoms with Crippen LogP contribution in [0.1, 0.15) is 11.1 Å². The zero-order chi connectivity index (χ0) is 13.1. The van der Waals surface area contributed by atoms with Crippen LogP contribution in [0.3, 0.4) is 0 Å². The van der Waals surface area contributed by atoms with Gasteiger partial charge < -0.3 is 10.5 Å². The highest BCUT2D eigenvalue weighted by atomic mass is 35.5. The van der Waals surface area contributed by atoms with Gasteiger partial charge in [0.05, 0.1) is 5.02 Å². The number of rotatable bonds is 3. The van der Waals surface area contributed by atoms with Crippen molar-refractivity contribution in [2.75, 3.05) is 5.73 Å². The van der Waals surface area contributed by atoms with Crippen molar-refractivity contribution in [3.05, 3.63) is 58.4 Å². The Balaban J connectivity index is 2.11. The molecule has 0 amide bonds. The van der Waals surface area contributed by atoms with Gasteiger partial charge in [-0.15, -0.1) is 0 Å². The highest BCUT2D eigenvalue weighted by Crippen LogP contribution is 2.23. The lowest BCUT2D eigenvalue weighted by Crippen LogP contribution is -1.98. The topological polar surface area (TPSA) is 35.2 Å². The maximum atomic E-state index is 13.0. The van der Waals surface area contributed by atoms with E-state index >= 15 is 0 Å². The Bertz CT molecular complexity index is 572. The van der Waals surface area contributed by atoms with Gasteiger partial charge in [-0.2, -0.15) is 0 Å². The molecule has 94 valence electrons. The number of nitrogen functional groups attached to an aromatic ring is 1. The molecule has 0 aliphatic heterocycles. The fourth-order valence-electron chi connectivity index (χ4n) is 1.56. The maximum Gasteiger partial charge on any atom is 0.141 e. The van der Waals surface area contributed by atoms with Gasteiger partial charge in [0.25, 0.3) is 0 Å².